The van der Waals surface area contributed by atoms with Gasteiger partial charge in [0.1, 0.15) is 11.9 Å². The first-order valence-electron chi connectivity index (χ1n) is 6.13. The van der Waals surface area contributed by atoms with E-state index >= 15 is 0 Å². The standard InChI is InChI=1S/C15H11BrCl2O2/c16-8-1-3-10-13(19)7-15(20-14(10)5-8)11-6-9(17)2-4-12(11)18/h1-6,13,15,19H,7H2/t13-,15?/m1/s1. The minimum absolute atomic E-state index is 0.307. The first kappa shape index (κ1) is 14.2. The van der Waals surface area contributed by atoms with E-state index < -0.39 is 6.10 Å². The molecule has 0 fully saturated rings. The number of hydrogen-bond acceptors (Lipinski definition) is 2. The van der Waals surface area contributed by atoms with Crippen LogP contribution in [0, 0.1) is 0 Å². The number of rotatable bonds is 1. The quantitative estimate of drug-likeness (QED) is 0.733. The molecule has 0 aromatic heterocycles. The van der Waals surface area contributed by atoms with E-state index in [0.29, 0.717) is 22.2 Å². The third kappa shape index (κ3) is 2.68. The summed E-state index contributed by atoms with van der Waals surface area (Å²) >= 11 is 15.6. The second-order valence-electron chi connectivity index (χ2n) is 4.71. The van der Waals surface area contributed by atoms with Crippen molar-refractivity contribution in [3.8, 4) is 5.75 Å². The normalized spacial score (nSPS) is 21.2. The van der Waals surface area contributed by atoms with Crippen LogP contribution in [0.5, 0.6) is 5.75 Å². The van der Waals surface area contributed by atoms with Crippen molar-refractivity contribution < 1.29 is 9.84 Å². The molecule has 104 valence electrons. The lowest BCUT2D eigenvalue weighted by atomic mass is 9.95. The SMILES string of the molecule is O[C@@H]1CC(c2cc(Cl)ccc2Cl)Oc2cc(Br)ccc21. The van der Waals surface area contributed by atoms with E-state index in [2.05, 4.69) is 15.9 Å². The number of aliphatic hydroxyl groups is 1. The first-order valence-corrected chi connectivity index (χ1v) is 7.68. The van der Waals surface area contributed by atoms with Crippen LogP contribution in [0.2, 0.25) is 10.0 Å². The molecule has 5 heteroatoms. The van der Waals surface area contributed by atoms with Crippen molar-refractivity contribution in [2.75, 3.05) is 0 Å². The highest BCUT2D eigenvalue weighted by molar-refractivity contribution is 9.10. The van der Waals surface area contributed by atoms with E-state index in [0.717, 1.165) is 15.6 Å². The van der Waals surface area contributed by atoms with Crippen LogP contribution in [0.25, 0.3) is 0 Å². The summed E-state index contributed by atoms with van der Waals surface area (Å²) in [4.78, 5) is 0. The summed E-state index contributed by atoms with van der Waals surface area (Å²) in [6.07, 6.45) is -0.431. The summed E-state index contributed by atoms with van der Waals surface area (Å²) in [5, 5.41) is 11.5. The predicted octanol–water partition coefficient (Wildman–Crippen LogP) is 5.31. The Labute approximate surface area is 135 Å². The summed E-state index contributed by atoms with van der Waals surface area (Å²) in [6, 6.07) is 10.9. The monoisotopic (exact) mass is 372 g/mol. The van der Waals surface area contributed by atoms with E-state index in [-0.39, 0.29) is 6.10 Å². The van der Waals surface area contributed by atoms with Crippen molar-refractivity contribution in [2.45, 2.75) is 18.6 Å². The van der Waals surface area contributed by atoms with Gasteiger partial charge < -0.3 is 9.84 Å². The molecule has 0 amide bonds. The topological polar surface area (TPSA) is 29.5 Å². The van der Waals surface area contributed by atoms with Crippen molar-refractivity contribution in [3.05, 3.63) is 62.0 Å². The van der Waals surface area contributed by atoms with Gasteiger partial charge in [-0.1, -0.05) is 45.2 Å². The molecule has 0 saturated carbocycles. The number of hydrogen-bond donors (Lipinski definition) is 1. The average molecular weight is 374 g/mol. The van der Waals surface area contributed by atoms with Gasteiger partial charge in [-0.3, -0.25) is 0 Å². The lowest BCUT2D eigenvalue weighted by Gasteiger charge is -2.30. The van der Waals surface area contributed by atoms with Gasteiger partial charge >= 0.3 is 0 Å². The summed E-state index contributed by atoms with van der Waals surface area (Å²) in [7, 11) is 0. The zero-order valence-corrected chi connectivity index (χ0v) is 13.4. The van der Waals surface area contributed by atoms with Gasteiger partial charge in [-0.05, 0) is 30.3 Å². The molecule has 0 spiro atoms. The average Bonchev–Trinajstić information content (AvgIpc) is 2.41. The molecule has 0 bridgehead atoms. The van der Waals surface area contributed by atoms with Crippen LogP contribution in [-0.2, 0) is 0 Å². The van der Waals surface area contributed by atoms with Crippen molar-refractivity contribution in [2.24, 2.45) is 0 Å². The van der Waals surface area contributed by atoms with Gasteiger partial charge in [0.05, 0.1) is 6.10 Å². The Kier molecular flexibility index (Phi) is 3.95. The van der Waals surface area contributed by atoms with Crippen molar-refractivity contribution in [1.82, 2.24) is 0 Å². The highest BCUT2D eigenvalue weighted by atomic mass is 79.9. The van der Waals surface area contributed by atoms with Crippen LogP contribution in [0.3, 0.4) is 0 Å². The minimum atomic E-state index is -0.577. The molecular formula is C15H11BrCl2O2. The minimum Gasteiger partial charge on any atom is -0.485 e. The van der Waals surface area contributed by atoms with E-state index in [1.54, 1.807) is 18.2 Å². The molecule has 1 N–H and O–H groups in total. The number of aliphatic hydroxyl groups excluding tert-OH is 1. The zero-order chi connectivity index (χ0) is 14.3. The molecule has 0 aliphatic carbocycles. The van der Waals surface area contributed by atoms with E-state index in [4.69, 9.17) is 27.9 Å². The van der Waals surface area contributed by atoms with Crippen LogP contribution >= 0.6 is 39.1 Å². The molecule has 1 unspecified atom stereocenters. The maximum atomic E-state index is 10.3. The van der Waals surface area contributed by atoms with Crippen LogP contribution in [-0.4, -0.2) is 5.11 Å². The van der Waals surface area contributed by atoms with E-state index in [9.17, 15) is 5.11 Å². The van der Waals surface area contributed by atoms with Crippen molar-refractivity contribution >= 4 is 39.1 Å². The van der Waals surface area contributed by atoms with E-state index in [1.165, 1.54) is 0 Å². The van der Waals surface area contributed by atoms with Gasteiger partial charge in [0.15, 0.2) is 0 Å². The lowest BCUT2D eigenvalue weighted by Crippen LogP contribution is -2.19. The predicted molar refractivity (Wildman–Crippen MR) is 83.5 cm³/mol. The first-order chi connectivity index (χ1) is 9.54. The highest BCUT2D eigenvalue weighted by Gasteiger charge is 2.29. The Morgan fingerprint density at radius 3 is 2.70 bits per heavy atom. The largest absolute Gasteiger partial charge is 0.485 e. The van der Waals surface area contributed by atoms with Gasteiger partial charge in [0, 0.05) is 32.1 Å². The highest BCUT2D eigenvalue weighted by Crippen LogP contribution is 2.43. The fourth-order valence-electron chi connectivity index (χ4n) is 2.37. The molecule has 2 aromatic carbocycles. The molecule has 3 rings (SSSR count). The van der Waals surface area contributed by atoms with Gasteiger partial charge in [-0.25, -0.2) is 0 Å². The van der Waals surface area contributed by atoms with Gasteiger partial charge in [0.25, 0.3) is 0 Å². The van der Waals surface area contributed by atoms with Crippen molar-refractivity contribution in [1.29, 1.82) is 0 Å². The molecule has 0 radical (unpaired) electrons. The second kappa shape index (κ2) is 5.57. The summed E-state index contributed by atoms with van der Waals surface area (Å²) in [6.45, 7) is 0. The third-order valence-corrected chi connectivity index (χ3v) is 4.42. The van der Waals surface area contributed by atoms with Crippen LogP contribution in [0.1, 0.15) is 29.8 Å². The van der Waals surface area contributed by atoms with Crippen LogP contribution < -0.4 is 4.74 Å². The summed E-state index contributed by atoms with van der Waals surface area (Å²) in [5.74, 6) is 0.666. The fourth-order valence-corrected chi connectivity index (χ4v) is 3.13. The molecular weight excluding hydrogens is 363 g/mol. The Morgan fingerprint density at radius 2 is 1.90 bits per heavy atom. The van der Waals surface area contributed by atoms with Crippen molar-refractivity contribution in [3.63, 3.8) is 0 Å². The third-order valence-electron chi connectivity index (χ3n) is 3.35. The number of ether oxygens (including phenoxy) is 1. The molecule has 1 heterocycles. The van der Waals surface area contributed by atoms with Gasteiger partial charge in [0.2, 0.25) is 0 Å². The van der Waals surface area contributed by atoms with Gasteiger partial charge in [-0.2, -0.15) is 0 Å². The van der Waals surface area contributed by atoms with Crippen LogP contribution in [0.4, 0.5) is 0 Å². The molecule has 20 heavy (non-hydrogen) atoms. The van der Waals surface area contributed by atoms with Gasteiger partial charge in [-0.15, -0.1) is 0 Å². The zero-order valence-electron chi connectivity index (χ0n) is 10.3. The Hall–Kier alpha value is -0.740. The Morgan fingerprint density at radius 1 is 1.10 bits per heavy atom. The molecule has 1 aliphatic rings. The second-order valence-corrected chi connectivity index (χ2v) is 6.47. The lowest BCUT2D eigenvalue weighted by molar-refractivity contribution is 0.0657. The maximum absolute atomic E-state index is 10.3. The Bertz CT molecular complexity index is 660. The Balaban J connectivity index is 2.00. The molecule has 2 nitrogen and oxygen atoms in total. The van der Waals surface area contributed by atoms with Crippen LogP contribution in [0.15, 0.2) is 40.9 Å². The number of halogens is 3. The number of benzene rings is 2. The summed E-state index contributed by atoms with van der Waals surface area (Å²) < 4.78 is 6.88. The molecule has 1 aliphatic heterocycles. The smallest absolute Gasteiger partial charge is 0.128 e. The fraction of sp³-hybridized carbons (Fsp3) is 0.200. The molecule has 0 saturated heterocycles. The number of fused-ring (bicyclic) bond motifs is 1. The molecule has 2 aromatic rings. The summed E-state index contributed by atoms with van der Waals surface area (Å²) in [5.41, 5.74) is 1.59. The van der Waals surface area contributed by atoms with E-state index in [1.807, 2.05) is 18.2 Å². The maximum Gasteiger partial charge on any atom is 0.128 e. The molecule has 2 atom stereocenters.